The molecule has 1 N–H and O–H groups in total. The van der Waals surface area contributed by atoms with E-state index in [-0.39, 0.29) is 0 Å². The Bertz CT molecular complexity index is 357. The van der Waals surface area contributed by atoms with Crippen LogP contribution >= 0.6 is 0 Å². The highest BCUT2D eigenvalue weighted by molar-refractivity contribution is 5.79. The molecule has 5 heteroatoms. The summed E-state index contributed by atoms with van der Waals surface area (Å²) in [6, 6.07) is 1.87. The second-order valence-corrected chi connectivity index (χ2v) is 4.57. The summed E-state index contributed by atoms with van der Waals surface area (Å²) in [6.45, 7) is 1.73. The van der Waals surface area contributed by atoms with Crippen molar-refractivity contribution in [3.63, 3.8) is 0 Å². The van der Waals surface area contributed by atoms with E-state index in [0.29, 0.717) is 6.54 Å². The Hall–Kier alpha value is -1.52. The van der Waals surface area contributed by atoms with Crippen LogP contribution in [0.15, 0.2) is 21.8 Å². The standard InChI is InChI=1S/C12H20N4O/c1-13-12(14-8-10-4-3-5-10)16(2)9-11-6-7-17-15-11/h6-7,10H,3-5,8-9H2,1-2H3,(H,13,14). The lowest BCUT2D eigenvalue weighted by Gasteiger charge is -2.28. The summed E-state index contributed by atoms with van der Waals surface area (Å²) in [5, 5.41) is 7.30. The fourth-order valence-electron chi connectivity index (χ4n) is 1.95. The zero-order chi connectivity index (χ0) is 12.1. The van der Waals surface area contributed by atoms with E-state index in [9.17, 15) is 0 Å². The van der Waals surface area contributed by atoms with E-state index in [1.807, 2.05) is 20.2 Å². The summed E-state index contributed by atoms with van der Waals surface area (Å²) in [4.78, 5) is 6.32. The molecule has 1 saturated carbocycles. The maximum absolute atomic E-state index is 4.82. The van der Waals surface area contributed by atoms with Gasteiger partial charge in [-0.25, -0.2) is 0 Å². The lowest BCUT2D eigenvalue weighted by atomic mass is 9.85. The van der Waals surface area contributed by atoms with E-state index in [1.54, 1.807) is 6.26 Å². The molecule has 1 aliphatic carbocycles. The summed E-state index contributed by atoms with van der Waals surface area (Å²) < 4.78 is 4.82. The maximum atomic E-state index is 4.82. The Kier molecular flexibility index (Phi) is 4.01. The van der Waals surface area contributed by atoms with Gasteiger partial charge in [0.2, 0.25) is 0 Å². The first-order chi connectivity index (χ1) is 8.29. The normalized spacial score (nSPS) is 16.7. The molecule has 1 heterocycles. The average Bonchev–Trinajstić information content (AvgIpc) is 2.74. The van der Waals surface area contributed by atoms with Crippen LogP contribution < -0.4 is 5.32 Å². The molecule has 0 unspecified atom stereocenters. The summed E-state index contributed by atoms with van der Waals surface area (Å²) >= 11 is 0. The monoisotopic (exact) mass is 236 g/mol. The Morgan fingerprint density at radius 1 is 1.65 bits per heavy atom. The van der Waals surface area contributed by atoms with Crippen LogP contribution in [0.4, 0.5) is 0 Å². The molecule has 1 aromatic heterocycles. The zero-order valence-corrected chi connectivity index (χ0v) is 10.5. The van der Waals surface area contributed by atoms with E-state index in [1.165, 1.54) is 19.3 Å². The Labute approximate surface area is 102 Å². The molecule has 0 saturated heterocycles. The summed E-state index contributed by atoms with van der Waals surface area (Å²) in [6.07, 6.45) is 5.65. The minimum absolute atomic E-state index is 0.709. The van der Waals surface area contributed by atoms with E-state index >= 15 is 0 Å². The lowest BCUT2D eigenvalue weighted by molar-refractivity contribution is 0.309. The molecule has 17 heavy (non-hydrogen) atoms. The third-order valence-electron chi connectivity index (χ3n) is 3.24. The van der Waals surface area contributed by atoms with Crippen molar-refractivity contribution in [2.45, 2.75) is 25.8 Å². The summed E-state index contributed by atoms with van der Waals surface area (Å²) in [5.74, 6) is 1.74. The van der Waals surface area contributed by atoms with Crippen molar-refractivity contribution < 1.29 is 4.52 Å². The van der Waals surface area contributed by atoms with Gasteiger partial charge in [-0.05, 0) is 18.8 Å². The van der Waals surface area contributed by atoms with Crippen molar-refractivity contribution in [2.24, 2.45) is 10.9 Å². The number of rotatable bonds is 4. The third kappa shape index (κ3) is 3.22. The summed E-state index contributed by atoms with van der Waals surface area (Å²) in [7, 11) is 3.81. The van der Waals surface area contributed by atoms with Gasteiger partial charge in [0.05, 0.1) is 6.54 Å². The van der Waals surface area contributed by atoms with Gasteiger partial charge < -0.3 is 14.7 Å². The van der Waals surface area contributed by atoms with Crippen molar-refractivity contribution in [3.05, 3.63) is 18.0 Å². The minimum atomic E-state index is 0.709. The molecule has 0 aromatic carbocycles. The smallest absolute Gasteiger partial charge is 0.193 e. The highest BCUT2D eigenvalue weighted by atomic mass is 16.5. The van der Waals surface area contributed by atoms with Crippen LogP contribution in [0.5, 0.6) is 0 Å². The molecule has 1 aromatic rings. The van der Waals surface area contributed by atoms with Crippen molar-refractivity contribution >= 4 is 5.96 Å². The molecule has 0 atom stereocenters. The Morgan fingerprint density at radius 3 is 3.00 bits per heavy atom. The first kappa shape index (κ1) is 12.0. The molecule has 5 nitrogen and oxygen atoms in total. The van der Waals surface area contributed by atoms with Crippen molar-refractivity contribution in [1.29, 1.82) is 0 Å². The fraction of sp³-hybridized carbons (Fsp3) is 0.667. The predicted octanol–water partition coefficient (Wildman–Crippen LogP) is 1.48. The molecular weight excluding hydrogens is 216 g/mol. The van der Waals surface area contributed by atoms with Gasteiger partial charge in [-0.1, -0.05) is 11.6 Å². The highest BCUT2D eigenvalue weighted by Crippen LogP contribution is 2.25. The quantitative estimate of drug-likeness (QED) is 0.635. The van der Waals surface area contributed by atoms with Crippen LogP contribution in [-0.4, -0.2) is 36.7 Å². The van der Waals surface area contributed by atoms with Gasteiger partial charge in [0.15, 0.2) is 5.96 Å². The molecule has 0 radical (unpaired) electrons. The van der Waals surface area contributed by atoms with Gasteiger partial charge in [0, 0.05) is 26.7 Å². The summed E-state index contributed by atoms with van der Waals surface area (Å²) in [5.41, 5.74) is 0.916. The lowest BCUT2D eigenvalue weighted by Crippen LogP contribution is -2.41. The zero-order valence-electron chi connectivity index (χ0n) is 10.5. The molecule has 0 spiro atoms. The van der Waals surface area contributed by atoms with Crippen molar-refractivity contribution in [2.75, 3.05) is 20.6 Å². The van der Waals surface area contributed by atoms with Gasteiger partial charge >= 0.3 is 0 Å². The molecule has 94 valence electrons. The van der Waals surface area contributed by atoms with E-state index in [2.05, 4.69) is 20.4 Å². The molecule has 0 aliphatic heterocycles. The molecule has 1 fully saturated rings. The first-order valence-corrected chi connectivity index (χ1v) is 6.10. The SMILES string of the molecule is CN=C(NCC1CCC1)N(C)Cc1ccon1. The van der Waals surface area contributed by atoms with E-state index < -0.39 is 0 Å². The van der Waals surface area contributed by atoms with Gasteiger partial charge in [-0.3, -0.25) is 4.99 Å². The number of hydrogen-bond donors (Lipinski definition) is 1. The topological polar surface area (TPSA) is 53.7 Å². The molecule has 2 rings (SSSR count). The number of hydrogen-bond acceptors (Lipinski definition) is 3. The van der Waals surface area contributed by atoms with Gasteiger partial charge in [0.1, 0.15) is 12.0 Å². The van der Waals surface area contributed by atoms with E-state index in [4.69, 9.17) is 4.52 Å². The second-order valence-electron chi connectivity index (χ2n) is 4.57. The van der Waals surface area contributed by atoms with Crippen LogP contribution in [0, 0.1) is 5.92 Å². The fourth-order valence-corrected chi connectivity index (χ4v) is 1.95. The van der Waals surface area contributed by atoms with Gasteiger partial charge in [-0.2, -0.15) is 0 Å². The maximum Gasteiger partial charge on any atom is 0.193 e. The first-order valence-electron chi connectivity index (χ1n) is 6.10. The van der Waals surface area contributed by atoms with E-state index in [0.717, 1.165) is 24.1 Å². The average molecular weight is 236 g/mol. The number of aliphatic imine (C=N–C) groups is 1. The Balaban J connectivity index is 1.80. The number of guanidine groups is 1. The van der Waals surface area contributed by atoms with Crippen LogP contribution in [0.3, 0.4) is 0 Å². The highest BCUT2D eigenvalue weighted by Gasteiger charge is 2.18. The molecule has 0 amide bonds. The Morgan fingerprint density at radius 2 is 2.47 bits per heavy atom. The van der Waals surface area contributed by atoms with Gasteiger partial charge in [-0.15, -0.1) is 0 Å². The number of nitrogens with zero attached hydrogens (tertiary/aromatic N) is 3. The van der Waals surface area contributed by atoms with Crippen molar-refractivity contribution in [1.82, 2.24) is 15.4 Å². The predicted molar refractivity (Wildman–Crippen MR) is 66.7 cm³/mol. The third-order valence-corrected chi connectivity index (χ3v) is 3.24. The van der Waals surface area contributed by atoms with Crippen LogP contribution in [0.1, 0.15) is 25.0 Å². The van der Waals surface area contributed by atoms with Crippen molar-refractivity contribution in [3.8, 4) is 0 Å². The van der Waals surface area contributed by atoms with Crippen LogP contribution in [0.2, 0.25) is 0 Å². The van der Waals surface area contributed by atoms with Gasteiger partial charge in [0.25, 0.3) is 0 Å². The second kappa shape index (κ2) is 5.70. The number of nitrogens with one attached hydrogen (secondary N) is 1. The molecular formula is C12H20N4O. The van der Waals surface area contributed by atoms with Crippen LogP contribution in [0.25, 0.3) is 0 Å². The van der Waals surface area contributed by atoms with Crippen LogP contribution in [-0.2, 0) is 6.54 Å². The molecule has 0 bridgehead atoms. The minimum Gasteiger partial charge on any atom is -0.364 e. The molecule has 1 aliphatic rings. The largest absolute Gasteiger partial charge is 0.364 e. The number of aromatic nitrogens is 1.